The van der Waals surface area contributed by atoms with Gasteiger partial charge in [-0.05, 0) is 5.92 Å². The maximum absolute atomic E-state index is 12.9. The lowest BCUT2D eigenvalue weighted by Gasteiger charge is -2.15. The third-order valence-corrected chi connectivity index (χ3v) is 2.86. The number of pyridine rings is 1. The number of carbonyl (C=O) groups excluding carboxylic acids is 1. The summed E-state index contributed by atoms with van der Waals surface area (Å²) in [4.78, 5) is 16.8. The van der Waals surface area contributed by atoms with E-state index in [0.29, 0.717) is 24.5 Å². The molecule has 1 aliphatic heterocycles. The summed E-state index contributed by atoms with van der Waals surface area (Å²) in [7, 11) is 0. The molecule has 3 nitrogen and oxygen atoms in total. The third-order valence-electron chi connectivity index (χ3n) is 2.43. The lowest BCUT2D eigenvalue weighted by atomic mass is 10.1. The number of hydrogen-bond donors (Lipinski definition) is 0. The predicted octanol–water partition coefficient (Wildman–Crippen LogP) is 1.81. The second-order valence-electron chi connectivity index (χ2n) is 3.59. The normalized spacial score (nSPS) is 21.1. The summed E-state index contributed by atoms with van der Waals surface area (Å²) >= 11 is 5.69. The largest absolute Gasteiger partial charge is 0.310 e. The molecule has 1 saturated heterocycles. The van der Waals surface area contributed by atoms with E-state index < -0.39 is 5.82 Å². The molecule has 1 aliphatic rings. The van der Waals surface area contributed by atoms with Crippen molar-refractivity contribution in [2.45, 2.75) is 6.42 Å². The molecule has 0 N–H and O–H groups in total. The molecule has 0 spiro atoms. The highest BCUT2D eigenvalue weighted by molar-refractivity contribution is 6.18. The summed E-state index contributed by atoms with van der Waals surface area (Å²) in [5.74, 6) is 0.149. The van der Waals surface area contributed by atoms with Crippen LogP contribution in [0.25, 0.3) is 0 Å². The van der Waals surface area contributed by atoms with Crippen molar-refractivity contribution < 1.29 is 9.18 Å². The van der Waals surface area contributed by atoms with Crippen LogP contribution in [-0.4, -0.2) is 23.3 Å². The van der Waals surface area contributed by atoms with Crippen molar-refractivity contribution in [3.05, 3.63) is 24.3 Å². The zero-order valence-electron chi connectivity index (χ0n) is 7.99. The van der Waals surface area contributed by atoms with Gasteiger partial charge in [-0.3, -0.25) is 9.78 Å². The van der Waals surface area contributed by atoms with Gasteiger partial charge in [-0.2, -0.15) is 0 Å². The average Bonchev–Trinajstić information content (AvgIpc) is 2.60. The van der Waals surface area contributed by atoms with Crippen molar-refractivity contribution in [2.75, 3.05) is 17.3 Å². The highest BCUT2D eigenvalue weighted by Gasteiger charge is 2.30. The van der Waals surface area contributed by atoms with Crippen molar-refractivity contribution in [2.24, 2.45) is 5.92 Å². The molecule has 1 unspecified atom stereocenters. The summed E-state index contributed by atoms with van der Waals surface area (Å²) in [6, 6.07) is 1.31. The van der Waals surface area contributed by atoms with Crippen LogP contribution in [0.3, 0.4) is 0 Å². The lowest BCUT2D eigenvalue weighted by Crippen LogP contribution is -2.24. The Bertz CT molecular complexity index is 385. The molecule has 1 aromatic rings. The Balaban J connectivity index is 2.21. The van der Waals surface area contributed by atoms with Gasteiger partial charge in [0, 0.05) is 24.9 Å². The molecule has 0 bridgehead atoms. The van der Waals surface area contributed by atoms with E-state index in [2.05, 4.69) is 4.98 Å². The van der Waals surface area contributed by atoms with Crippen molar-refractivity contribution >= 4 is 23.2 Å². The molecule has 2 heterocycles. The molecule has 0 aromatic carbocycles. The zero-order valence-corrected chi connectivity index (χ0v) is 8.75. The minimum Gasteiger partial charge on any atom is -0.310 e. The second-order valence-corrected chi connectivity index (χ2v) is 3.90. The number of aromatic nitrogens is 1. The maximum atomic E-state index is 12.9. The van der Waals surface area contributed by atoms with E-state index in [4.69, 9.17) is 11.6 Å². The Morgan fingerprint density at radius 3 is 3.00 bits per heavy atom. The van der Waals surface area contributed by atoms with E-state index in [0.717, 1.165) is 6.20 Å². The van der Waals surface area contributed by atoms with Crippen LogP contribution >= 0.6 is 11.6 Å². The summed E-state index contributed by atoms with van der Waals surface area (Å²) < 4.78 is 12.9. The quantitative estimate of drug-likeness (QED) is 0.724. The van der Waals surface area contributed by atoms with Gasteiger partial charge in [0.15, 0.2) is 0 Å². The van der Waals surface area contributed by atoms with Crippen molar-refractivity contribution in [1.82, 2.24) is 4.98 Å². The number of halogens is 2. The first-order valence-corrected chi connectivity index (χ1v) is 5.21. The first-order valence-electron chi connectivity index (χ1n) is 4.67. The van der Waals surface area contributed by atoms with Gasteiger partial charge >= 0.3 is 0 Å². The molecule has 1 fully saturated rings. The van der Waals surface area contributed by atoms with Gasteiger partial charge in [-0.15, -0.1) is 11.6 Å². The zero-order chi connectivity index (χ0) is 10.8. The maximum Gasteiger partial charge on any atom is 0.227 e. The number of anilines is 1. The highest BCUT2D eigenvalue weighted by atomic mass is 35.5. The van der Waals surface area contributed by atoms with Crippen LogP contribution in [0.4, 0.5) is 10.1 Å². The average molecular weight is 229 g/mol. The number of hydrogen-bond acceptors (Lipinski definition) is 2. The van der Waals surface area contributed by atoms with E-state index in [9.17, 15) is 9.18 Å². The smallest absolute Gasteiger partial charge is 0.227 e. The molecule has 1 aromatic heterocycles. The Morgan fingerprint density at radius 1 is 1.60 bits per heavy atom. The van der Waals surface area contributed by atoms with Gasteiger partial charge < -0.3 is 4.90 Å². The number of carbonyl (C=O) groups is 1. The van der Waals surface area contributed by atoms with Gasteiger partial charge in [0.25, 0.3) is 0 Å². The topological polar surface area (TPSA) is 33.2 Å². The van der Waals surface area contributed by atoms with E-state index in [-0.39, 0.29) is 11.8 Å². The van der Waals surface area contributed by atoms with Gasteiger partial charge in [0.2, 0.25) is 5.91 Å². The lowest BCUT2D eigenvalue weighted by molar-refractivity contribution is -0.117. The first-order chi connectivity index (χ1) is 7.20. The molecule has 1 atom stereocenters. The Kier molecular flexibility index (Phi) is 2.86. The molecular formula is C10H10ClFN2O. The summed E-state index contributed by atoms with van der Waals surface area (Å²) in [6.07, 6.45) is 3.03. The van der Waals surface area contributed by atoms with Gasteiger partial charge in [-0.1, -0.05) is 0 Å². The number of alkyl halides is 1. The van der Waals surface area contributed by atoms with Crippen LogP contribution < -0.4 is 4.90 Å². The summed E-state index contributed by atoms with van der Waals surface area (Å²) in [6.45, 7) is 0.549. The van der Waals surface area contributed by atoms with E-state index in [1.807, 2.05) is 0 Å². The number of amides is 1. The van der Waals surface area contributed by atoms with Crippen molar-refractivity contribution in [3.63, 3.8) is 0 Å². The third kappa shape index (κ3) is 2.09. The monoisotopic (exact) mass is 228 g/mol. The molecule has 0 radical (unpaired) electrons. The van der Waals surface area contributed by atoms with E-state index in [1.165, 1.54) is 17.2 Å². The van der Waals surface area contributed by atoms with Crippen LogP contribution in [0.1, 0.15) is 6.42 Å². The fourth-order valence-electron chi connectivity index (χ4n) is 1.68. The molecule has 80 valence electrons. The SMILES string of the molecule is O=C1CC(CCl)CN1c1cncc(F)c1. The van der Waals surface area contributed by atoms with Crippen LogP contribution in [0, 0.1) is 11.7 Å². The summed E-state index contributed by atoms with van der Waals surface area (Å²) in [5, 5.41) is 0. The minimum atomic E-state index is -0.436. The minimum absolute atomic E-state index is 0.0203. The standard InChI is InChI=1S/C10H10ClFN2O/c11-3-7-1-10(15)14(6-7)9-2-8(12)4-13-5-9/h2,4-5,7H,1,3,6H2. The molecule has 15 heavy (non-hydrogen) atoms. The predicted molar refractivity (Wildman–Crippen MR) is 55.4 cm³/mol. The Morgan fingerprint density at radius 2 is 2.40 bits per heavy atom. The van der Waals surface area contributed by atoms with E-state index in [1.54, 1.807) is 0 Å². The highest BCUT2D eigenvalue weighted by Crippen LogP contribution is 2.25. The Hall–Kier alpha value is -1.16. The molecule has 5 heteroatoms. The molecule has 2 rings (SSSR count). The van der Waals surface area contributed by atoms with Crippen LogP contribution in [0.2, 0.25) is 0 Å². The van der Waals surface area contributed by atoms with Crippen LogP contribution in [0.5, 0.6) is 0 Å². The van der Waals surface area contributed by atoms with Crippen molar-refractivity contribution in [3.8, 4) is 0 Å². The number of nitrogens with zero attached hydrogens (tertiary/aromatic N) is 2. The second kappa shape index (κ2) is 4.14. The molecule has 0 saturated carbocycles. The van der Waals surface area contributed by atoms with E-state index >= 15 is 0 Å². The van der Waals surface area contributed by atoms with Gasteiger partial charge in [-0.25, -0.2) is 4.39 Å². The number of rotatable bonds is 2. The first kappa shape index (κ1) is 10.4. The van der Waals surface area contributed by atoms with Crippen molar-refractivity contribution in [1.29, 1.82) is 0 Å². The van der Waals surface area contributed by atoms with Crippen LogP contribution in [0.15, 0.2) is 18.5 Å². The molecule has 0 aliphatic carbocycles. The molecule has 1 amide bonds. The Labute approximate surface area is 91.9 Å². The fraction of sp³-hybridized carbons (Fsp3) is 0.400. The van der Waals surface area contributed by atoms with Gasteiger partial charge in [0.05, 0.1) is 18.1 Å². The summed E-state index contributed by atoms with van der Waals surface area (Å²) in [5.41, 5.74) is 0.507. The fourth-order valence-corrected chi connectivity index (χ4v) is 1.89. The van der Waals surface area contributed by atoms with Gasteiger partial charge in [0.1, 0.15) is 5.82 Å². The molecular weight excluding hydrogens is 219 g/mol. The van der Waals surface area contributed by atoms with Crippen LogP contribution in [-0.2, 0) is 4.79 Å².